The highest BCUT2D eigenvalue weighted by Gasteiger charge is 2.30. The molecule has 0 radical (unpaired) electrons. The van der Waals surface area contributed by atoms with Crippen LogP contribution in [0.15, 0.2) is 53.3 Å². The number of hydrogen-bond acceptors (Lipinski definition) is 3. The van der Waals surface area contributed by atoms with E-state index in [1.54, 1.807) is 7.05 Å². The number of halogens is 3. The fraction of sp³-hybridized carbons (Fsp3) is 0.250. The van der Waals surface area contributed by atoms with E-state index in [1.807, 2.05) is 31.2 Å². The zero-order chi connectivity index (χ0) is 21.2. The first-order valence-corrected chi connectivity index (χ1v) is 8.79. The Kier molecular flexibility index (Phi) is 5.58. The van der Waals surface area contributed by atoms with E-state index in [0.29, 0.717) is 11.4 Å². The zero-order valence-electron chi connectivity index (χ0n) is 15.8. The van der Waals surface area contributed by atoms with Gasteiger partial charge in [-0.3, -0.25) is 9.36 Å². The van der Waals surface area contributed by atoms with Gasteiger partial charge in [0.1, 0.15) is 6.54 Å². The Morgan fingerprint density at radius 1 is 1.14 bits per heavy atom. The molecule has 1 amide bonds. The van der Waals surface area contributed by atoms with Crippen LogP contribution in [0.4, 0.5) is 13.2 Å². The molecule has 0 spiro atoms. The number of aromatic nitrogens is 3. The first kappa shape index (κ1) is 20.4. The predicted molar refractivity (Wildman–Crippen MR) is 101 cm³/mol. The Bertz CT molecular complexity index is 1080. The maximum Gasteiger partial charge on any atom is 0.416 e. The lowest BCUT2D eigenvalue weighted by molar-refractivity contribution is -0.137. The molecule has 0 saturated carbocycles. The highest BCUT2D eigenvalue weighted by molar-refractivity contribution is 5.75. The smallest absolute Gasteiger partial charge is 0.350 e. The molecule has 0 bridgehead atoms. The second kappa shape index (κ2) is 7.94. The molecule has 29 heavy (non-hydrogen) atoms. The van der Waals surface area contributed by atoms with Gasteiger partial charge in [0, 0.05) is 19.2 Å². The van der Waals surface area contributed by atoms with Crippen LogP contribution in [0.1, 0.15) is 16.7 Å². The molecule has 0 unspecified atom stereocenters. The molecule has 3 aromatic rings. The van der Waals surface area contributed by atoms with Gasteiger partial charge >= 0.3 is 11.9 Å². The van der Waals surface area contributed by atoms with Crippen molar-refractivity contribution in [2.24, 2.45) is 7.05 Å². The second-order valence-corrected chi connectivity index (χ2v) is 6.66. The van der Waals surface area contributed by atoms with E-state index in [-0.39, 0.29) is 13.1 Å². The van der Waals surface area contributed by atoms with Crippen LogP contribution in [-0.2, 0) is 31.1 Å². The number of nitrogens with one attached hydrogen (secondary N) is 1. The summed E-state index contributed by atoms with van der Waals surface area (Å²) < 4.78 is 40.7. The first-order chi connectivity index (χ1) is 13.6. The van der Waals surface area contributed by atoms with E-state index in [1.165, 1.54) is 16.7 Å². The number of carbonyl (C=O) groups is 1. The largest absolute Gasteiger partial charge is 0.416 e. The Balaban J connectivity index is 1.69. The third kappa shape index (κ3) is 4.74. The van der Waals surface area contributed by atoms with E-state index in [0.717, 1.165) is 27.9 Å². The van der Waals surface area contributed by atoms with Crippen LogP contribution in [0.2, 0.25) is 0 Å². The fourth-order valence-electron chi connectivity index (χ4n) is 2.80. The van der Waals surface area contributed by atoms with Gasteiger partial charge in [-0.05, 0) is 24.6 Å². The minimum Gasteiger partial charge on any atom is -0.350 e. The Labute approximate surface area is 164 Å². The van der Waals surface area contributed by atoms with Gasteiger partial charge < -0.3 is 5.32 Å². The average Bonchev–Trinajstić information content (AvgIpc) is 2.95. The lowest BCUT2D eigenvalue weighted by Crippen LogP contribution is -2.33. The molecule has 0 fully saturated rings. The quantitative estimate of drug-likeness (QED) is 0.711. The standard InChI is InChI=1S/C20H19F3N4O2/c1-13-6-8-15(9-7-13)18-25-27(19(29)26(18)2)12-17(28)24-11-14-4-3-5-16(10-14)20(21,22)23/h3-10H,11-12H2,1-2H3,(H,24,28). The van der Waals surface area contributed by atoms with Gasteiger partial charge in [-0.2, -0.15) is 13.2 Å². The van der Waals surface area contributed by atoms with Crippen LogP contribution >= 0.6 is 0 Å². The van der Waals surface area contributed by atoms with Crippen molar-refractivity contribution in [3.8, 4) is 11.4 Å². The third-order valence-electron chi connectivity index (χ3n) is 4.39. The SMILES string of the molecule is Cc1ccc(-c2nn(CC(=O)NCc3cccc(C(F)(F)F)c3)c(=O)n2C)cc1. The summed E-state index contributed by atoms with van der Waals surface area (Å²) in [6.45, 7) is 1.52. The number of amides is 1. The van der Waals surface area contributed by atoms with Crippen LogP contribution in [-0.4, -0.2) is 20.3 Å². The van der Waals surface area contributed by atoms with Crippen molar-refractivity contribution in [3.05, 3.63) is 75.7 Å². The number of carbonyl (C=O) groups excluding carboxylic acids is 1. The highest BCUT2D eigenvalue weighted by Crippen LogP contribution is 2.29. The van der Waals surface area contributed by atoms with Gasteiger partial charge in [0.05, 0.1) is 5.56 Å². The fourth-order valence-corrected chi connectivity index (χ4v) is 2.80. The molecule has 0 aliphatic rings. The normalized spacial score (nSPS) is 11.5. The molecule has 0 atom stereocenters. The third-order valence-corrected chi connectivity index (χ3v) is 4.39. The number of nitrogens with zero attached hydrogens (tertiary/aromatic N) is 3. The minimum absolute atomic E-state index is 0.0881. The van der Waals surface area contributed by atoms with Crippen molar-refractivity contribution in [2.75, 3.05) is 0 Å². The van der Waals surface area contributed by atoms with Crippen molar-refractivity contribution >= 4 is 5.91 Å². The van der Waals surface area contributed by atoms with E-state index in [4.69, 9.17) is 0 Å². The molecule has 0 saturated heterocycles. The lowest BCUT2D eigenvalue weighted by atomic mass is 10.1. The van der Waals surface area contributed by atoms with Crippen LogP contribution in [0.3, 0.4) is 0 Å². The first-order valence-electron chi connectivity index (χ1n) is 8.79. The monoisotopic (exact) mass is 404 g/mol. The minimum atomic E-state index is -4.45. The van der Waals surface area contributed by atoms with Gasteiger partial charge in [0.15, 0.2) is 5.82 Å². The van der Waals surface area contributed by atoms with E-state index in [2.05, 4.69) is 10.4 Å². The summed E-state index contributed by atoms with van der Waals surface area (Å²) in [4.78, 5) is 24.5. The molecule has 2 aromatic carbocycles. The number of hydrogen-bond donors (Lipinski definition) is 1. The summed E-state index contributed by atoms with van der Waals surface area (Å²) in [7, 11) is 1.56. The summed E-state index contributed by atoms with van der Waals surface area (Å²) in [5, 5.41) is 6.72. The van der Waals surface area contributed by atoms with Crippen LogP contribution in [0.5, 0.6) is 0 Å². The number of alkyl halides is 3. The van der Waals surface area contributed by atoms with Gasteiger partial charge in [0.25, 0.3) is 0 Å². The van der Waals surface area contributed by atoms with Crippen molar-refractivity contribution < 1.29 is 18.0 Å². The van der Waals surface area contributed by atoms with E-state index in [9.17, 15) is 22.8 Å². The van der Waals surface area contributed by atoms with Crippen molar-refractivity contribution in [1.29, 1.82) is 0 Å². The molecule has 3 rings (SSSR count). The van der Waals surface area contributed by atoms with Crippen molar-refractivity contribution in [2.45, 2.75) is 26.2 Å². The molecular weight excluding hydrogens is 385 g/mol. The molecule has 152 valence electrons. The maximum atomic E-state index is 12.8. The molecule has 1 N–H and O–H groups in total. The van der Waals surface area contributed by atoms with Gasteiger partial charge in [0.2, 0.25) is 5.91 Å². The predicted octanol–water partition coefficient (Wildman–Crippen LogP) is 2.89. The topological polar surface area (TPSA) is 68.9 Å². The average molecular weight is 404 g/mol. The summed E-state index contributed by atoms with van der Waals surface area (Å²) in [6.07, 6.45) is -4.45. The molecule has 9 heteroatoms. The molecule has 6 nitrogen and oxygen atoms in total. The summed E-state index contributed by atoms with van der Waals surface area (Å²) in [5.74, 6) is -0.112. The van der Waals surface area contributed by atoms with Gasteiger partial charge in [-0.1, -0.05) is 42.0 Å². The van der Waals surface area contributed by atoms with Crippen LogP contribution in [0, 0.1) is 6.92 Å². The maximum absolute atomic E-state index is 12.8. The zero-order valence-corrected chi connectivity index (χ0v) is 15.8. The lowest BCUT2D eigenvalue weighted by Gasteiger charge is -2.09. The van der Waals surface area contributed by atoms with Crippen molar-refractivity contribution in [3.63, 3.8) is 0 Å². The Hall–Kier alpha value is -3.36. The second-order valence-electron chi connectivity index (χ2n) is 6.66. The van der Waals surface area contributed by atoms with Crippen LogP contribution < -0.4 is 11.0 Å². The van der Waals surface area contributed by atoms with E-state index < -0.39 is 23.3 Å². The highest BCUT2D eigenvalue weighted by atomic mass is 19.4. The molecule has 1 aromatic heterocycles. The molecule has 1 heterocycles. The summed E-state index contributed by atoms with van der Waals surface area (Å²) in [5.41, 5.74) is 0.857. The number of rotatable bonds is 5. The summed E-state index contributed by atoms with van der Waals surface area (Å²) in [6, 6.07) is 12.1. The van der Waals surface area contributed by atoms with Crippen LogP contribution in [0.25, 0.3) is 11.4 Å². The Morgan fingerprint density at radius 3 is 2.48 bits per heavy atom. The van der Waals surface area contributed by atoms with Crippen molar-refractivity contribution in [1.82, 2.24) is 19.7 Å². The van der Waals surface area contributed by atoms with E-state index >= 15 is 0 Å². The van der Waals surface area contributed by atoms with Gasteiger partial charge in [-0.15, -0.1) is 5.10 Å². The van der Waals surface area contributed by atoms with Gasteiger partial charge in [-0.25, -0.2) is 9.48 Å². The molecule has 0 aliphatic carbocycles. The molecular formula is C20H19F3N4O2. The Morgan fingerprint density at radius 2 is 1.83 bits per heavy atom. The summed E-state index contributed by atoms with van der Waals surface area (Å²) >= 11 is 0. The number of benzene rings is 2. The number of aryl methyl sites for hydroxylation is 1. The molecule has 0 aliphatic heterocycles.